The van der Waals surface area contributed by atoms with Crippen LogP contribution in [0.2, 0.25) is 0 Å². The summed E-state index contributed by atoms with van der Waals surface area (Å²) >= 11 is 5.40. The molecular weight excluding hydrogens is 334 g/mol. The van der Waals surface area contributed by atoms with Crippen molar-refractivity contribution in [1.82, 2.24) is 4.90 Å². The van der Waals surface area contributed by atoms with Crippen molar-refractivity contribution in [3.63, 3.8) is 0 Å². The van der Waals surface area contributed by atoms with Crippen molar-refractivity contribution in [2.24, 2.45) is 0 Å². The van der Waals surface area contributed by atoms with Crippen molar-refractivity contribution < 1.29 is 4.79 Å². The van der Waals surface area contributed by atoms with Crippen LogP contribution in [0, 0.1) is 0 Å². The van der Waals surface area contributed by atoms with Gasteiger partial charge in [0, 0.05) is 35.5 Å². The van der Waals surface area contributed by atoms with Gasteiger partial charge in [-0.2, -0.15) is 11.8 Å². The lowest BCUT2D eigenvalue weighted by molar-refractivity contribution is -0.130. The number of hydrogen-bond donors (Lipinski definition) is 0. The second-order valence-electron chi connectivity index (χ2n) is 5.18. The van der Waals surface area contributed by atoms with Crippen molar-refractivity contribution in [1.29, 1.82) is 0 Å². The van der Waals surface area contributed by atoms with Gasteiger partial charge in [0.25, 0.3) is 0 Å². The number of carbonyl (C=O) groups excluding carboxylic acids is 1. The first-order valence-electron chi connectivity index (χ1n) is 7.35. The number of benzene rings is 1. The number of carbonyl (C=O) groups is 1. The van der Waals surface area contributed by atoms with Gasteiger partial charge in [-0.3, -0.25) is 4.79 Å². The molecule has 110 valence electrons. The maximum absolute atomic E-state index is 12.0. The molecule has 0 N–H and O–H groups in total. The zero-order chi connectivity index (χ0) is 14.2. The van der Waals surface area contributed by atoms with Crippen LogP contribution in [0.1, 0.15) is 31.2 Å². The summed E-state index contributed by atoms with van der Waals surface area (Å²) in [6, 6.07) is 8.52. The van der Waals surface area contributed by atoms with E-state index in [-0.39, 0.29) is 0 Å². The Hall–Kier alpha value is -0.480. The van der Waals surface area contributed by atoms with E-state index in [0.29, 0.717) is 5.91 Å². The van der Waals surface area contributed by atoms with Gasteiger partial charge >= 0.3 is 0 Å². The lowest BCUT2D eigenvalue weighted by atomic mass is 10.1. The van der Waals surface area contributed by atoms with Gasteiger partial charge in [0.1, 0.15) is 0 Å². The van der Waals surface area contributed by atoms with Crippen LogP contribution in [-0.2, 0) is 11.2 Å². The third-order valence-electron chi connectivity index (χ3n) is 3.63. The summed E-state index contributed by atoms with van der Waals surface area (Å²) in [7, 11) is 0. The van der Waals surface area contributed by atoms with Gasteiger partial charge in [-0.05, 0) is 37.0 Å². The van der Waals surface area contributed by atoms with Crippen LogP contribution in [0.25, 0.3) is 0 Å². The van der Waals surface area contributed by atoms with Gasteiger partial charge in [0.05, 0.1) is 0 Å². The molecule has 0 saturated carbocycles. The molecule has 1 saturated heterocycles. The second kappa shape index (κ2) is 8.73. The standard InChI is InChI=1S/C16H22BrNOS/c17-15-8-6-14(7-9-15)4-2-1-3-5-16(19)18-10-12-20-13-11-18/h6-9H,1-5,10-13H2. The van der Waals surface area contributed by atoms with Crippen LogP contribution in [0.4, 0.5) is 0 Å². The molecule has 0 atom stereocenters. The van der Waals surface area contributed by atoms with Gasteiger partial charge in [0.15, 0.2) is 0 Å². The highest BCUT2D eigenvalue weighted by molar-refractivity contribution is 9.10. The molecule has 1 fully saturated rings. The Bertz CT molecular complexity index is 415. The molecule has 1 heterocycles. The van der Waals surface area contributed by atoms with Crippen LogP contribution >= 0.6 is 27.7 Å². The highest BCUT2D eigenvalue weighted by Crippen LogP contribution is 2.14. The van der Waals surface area contributed by atoms with Gasteiger partial charge in [-0.25, -0.2) is 0 Å². The Morgan fingerprint density at radius 1 is 1.10 bits per heavy atom. The number of thioether (sulfide) groups is 1. The first-order valence-corrected chi connectivity index (χ1v) is 9.30. The van der Waals surface area contributed by atoms with E-state index < -0.39 is 0 Å². The van der Waals surface area contributed by atoms with Crippen molar-refractivity contribution in [3.8, 4) is 0 Å². The molecular formula is C16H22BrNOS. The Kier molecular flexibility index (Phi) is 6.94. The molecule has 2 nitrogen and oxygen atoms in total. The lowest BCUT2D eigenvalue weighted by Gasteiger charge is -2.26. The van der Waals surface area contributed by atoms with Gasteiger partial charge in [-0.1, -0.05) is 34.5 Å². The topological polar surface area (TPSA) is 20.3 Å². The summed E-state index contributed by atoms with van der Waals surface area (Å²) in [5.74, 6) is 2.57. The molecule has 0 aromatic heterocycles. The van der Waals surface area contributed by atoms with Crippen molar-refractivity contribution in [2.45, 2.75) is 32.1 Å². The monoisotopic (exact) mass is 355 g/mol. The van der Waals surface area contributed by atoms with E-state index in [0.717, 1.165) is 54.8 Å². The van der Waals surface area contributed by atoms with Crippen molar-refractivity contribution >= 4 is 33.6 Å². The second-order valence-corrected chi connectivity index (χ2v) is 7.32. The molecule has 4 heteroatoms. The molecule has 2 rings (SSSR count). The normalized spacial score (nSPS) is 15.3. The number of halogens is 1. The minimum Gasteiger partial charge on any atom is -0.341 e. The summed E-state index contributed by atoms with van der Waals surface area (Å²) in [5.41, 5.74) is 1.38. The largest absolute Gasteiger partial charge is 0.341 e. The summed E-state index contributed by atoms with van der Waals surface area (Å²) in [6.07, 6.45) is 5.18. The van der Waals surface area contributed by atoms with Crippen LogP contribution in [-0.4, -0.2) is 35.4 Å². The summed E-state index contributed by atoms with van der Waals surface area (Å²) in [4.78, 5) is 14.0. The summed E-state index contributed by atoms with van der Waals surface area (Å²) in [6.45, 7) is 1.89. The van der Waals surface area contributed by atoms with Crippen molar-refractivity contribution in [2.75, 3.05) is 24.6 Å². The Labute approximate surface area is 134 Å². The first-order chi connectivity index (χ1) is 9.75. The maximum atomic E-state index is 12.0. The fourth-order valence-corrected chi connectivity index (χ4v) is 3.57. The average Bonchev–Trinajstić information content (AvgIpc) is 2.49. The van der Waals surface area contributed by atoms with Crippen LogP contribution in [0.3, 0.4) is 0 Å². The molecule has 0 spiro atoms. The Balaban J connectivity index is 1.57. The summed E-state index contributed by atoms with van der Waals surface area (Å²) < 4.78 is 1.13. The smallest absolute Gasteiger partial charge is 0.222 e. The molecule has 0 radical (unpaired) electrons. The molecule has 1 amide bonds. The van der Waals surface area contributed by atoms with Gasteiger partial charge in [-0.15, -0.1) is 0 Å². The highest BCUT2D eigenvalue weighted by Gasteiger charge is 2.15. The Morgan fingerprint density at radius 3 is 2.50 bits per heavy atom. The van der Waals surface area contributed by atoms with E-state index >= 15 is 0 Å². The number of amides is 1. The predicted octanol–water partition coefficient (Wildman–Crippen LogP) is 4.13. The molecule has 1 aliphatic heterocycles. The predicted molar refractivity (Wildman–Crippen MR) is 90.2 cm³/mol. The number of aryl methyl sites for hydroxylation is 1. The van der Waals surface area contributed by atoms with E-state index in [1.807, 2.05) is 16.7 Å². The fourth-order valence-electron chi connectivity index (χ4n) is 2.40. The number of rotatable bonds is 6. The van der Waals surface area contributed by atoms with Gasteiger partial charge < -0.3 is 4.90 Å². The van der Waals surface area contributed by atoms with Crippen molar-refractivity contribution in [3.05, 3.63) is 34.3 Å². The fraction of sp³-hybridized carbons (Fsp3) is 0.562. The van der Waals surface area contributed by atoms with E-state index in [2.05, 4.69) is 40.2 Å². The Morgan fingerprint density at radius 2 is 1.80 bits per heavy atom. The first kappa shape index (κ1) is 15.9. The molecule has 0 bridgehead atoms. The number of hydrogen-bond acceptors (Lipinski definition) is 2. The molecule has 0 aliphatic carbocycles. The molecule has 1 aliphatic rings. The zero-order valence-corrected chi connectivity index (χ0v) is 14.2. The number of unbranched alkanes of at least 4 members (excludes halogenated alkanes) is 2. The van der Waals surface area contributed by atoms with Crippen LogP contribution in [0.15, 0.2) is 28.7 Å². The number of nitrogens with zero attached hydrogens (tertiary/aromatic N) is 1. The van der Waals surface area contributed by atoms with E-state index in [1.165, 1.54) is 12.0 Å². The molecule has 1 aromatic rings. The summed E-state index contributed by atoms with van der Waals surface area (Å²) in [5, 5.41) is 0. The molecule has 0 unspecified atom stereocenters. The van der Waals surface area contributed by atoms with E-state index in [9.17, 15) is 4.79 Å². The molecule has 1 aromatic carbocycles. The third-order valence-corrected chi connectivity index (χ3v) is 5.10. The minimum atomic E-state index is 0.356. The SMILES string of the molecule is O=C(CCCCCc1ccc(Br)cc1)N1CCSCC1. The van der Waals surface area contributed by atoms with Crippen LogP contribution < -0.4 is 0 Å². The third kappa shape index (κ3) is 5.49. The average molecular weight is 356 g/mol. The minimum absolute atomic E-state index is 0.356. The van der Waals surface area contributed by atoms with Crippen LogP contribution in [0.5, 0.6) is 0 Å². The lowest BCUT2D eigenvalue weighted by Crippen LogP contribution is -2.37. The zero-order valence-electron chi connectivity index (χ0n) is 11.8. The quantitative estimate of drug-likeness (QED) is 0.715. The van der Waals surface area contributed by atoms with E-state index in [4.69, 9.17) is 0 Å². The maximum Gasteiger partial charge on any atom is 0.222 e. The van der Waals surface area contributed by atoms with Gasteiger partial charge in [0.2, 0.25) is 5.91 Å². The van der Waals surface area contributed by atoms with E-state index in [1.54, 1.807) is 0 Å². The molecule has 20 heavy (non-hydrogen) atoms. The highest BCUT2D eigenvalue weighted by atomic mass is 79.9.